The highest BCUT2D eigenvalue weighted by Gasteiger charge is 2.51. The second-order valence-electron chi connectivity index (χ2n) is 20.4. The highest BCUT2D eigenvalue weighted by molar-refractivity contribution is 5.76. The molecule has 412 valence electrons. The summed E-state index contributed by atoms with van der Waals surface area (Å²) in [5.41, 5.74) is 0. The standard InChI is InChI=1S/C56H105NO13/c1-3-5-7-9-11-13-15-17-19-20-21-22-23-24-25-26-28-30-32-34-36-38-40-48(61)57-44(45(60)39-37-35-33-31-29-27-18-16-14-12-10-8-6-4-2)43-67-55-53(66)51(64)54(47(42-59)69-55)70-56-52(65)50(63)49(62)46(41-58)68-56/h29,31,37,39,44-47,49-56,58-60,62-66H,3-28,30,32-36,38,40-43H2,1-2H3,(H,57,61)/b31-29+,39-37+. The topological polar surface area (TPSA) is 228 Å². The van der Waals surface area contributed by atoms with Crippen molar-refractivity contribution >= 4 is 5.91 Å². The van der Waals surface area contributed by atoms with E-state index < -0.39 is 86.8 Å². The fourth-order valence-electron chi connectivity index (χ4n) is 9.48. The molecule has 9 N–H and O–H groups in total. The Bertz CT molecular complexity index is 1270. The second-order valence-corrected chi connectivity index (χ2v) is 20.4. The molecule has 1 amide bonds. The molecular formula is C56H105NO13. The quantitative estimate of drug-likeness (QED) is 0.0205. The van der Waals surface area contributed by atoms with E-state index in [2.05, 4.69) is 31.3 Å². The van der Waals surface area contributed by atoms with Gasteiger partial charge in [-0.25, -0.2) is 0 Å². The molecule has 0 aromatic rings. The molecule has 2 fully saturated rings. The summed E-state index contributed by atoms with van der Waals surface area (Å²) in [5.74, 6) is -0.246. The number of allylic oxidation sites excluding steroid dienone is 3. The van der Waals surface area contributed by atoms with Crippen molar-refractivity contribution in [3.8, 4) is 0 Å². The number of ether oxygens (including phenoxy) is 4. The first kappa shape index (κ1) is 64.6. The third-order valence-corrected chi connectivity index (χ3v) is 14.1. The van der Waals surface area contributed by atoms with Gasteiger partial charge in [0, 0.05) is 6.42 Å². The summed E-state index contributed by atoms with van der Waals surface area (Å²) in [5, 5.41) is 86.9. The van der Waals surface area contributed by atoms with E-state index in [0.29, 0.717) is 12.8 Å². The first-order valence-electron chi connectivity index (χ1n) is 28.6. The molecule has 12 atom stereocenters. The minimum atomic E-state index is -1.79. The molecule has 2 heterocycles. The van der Waals surface area contributed by atoms with Crippen molar-refractivity contribution in [3.63, 3.8) is 0 Å². The molecule has 0 spiro atoms. The van der Waals surface area contributed by atoms with E-state index in [1.807, 2.05) is 6.08 Å². The first-order chi connectivity index (χ1) is 34.1. The Kier molecular flexibility index (Phi) is 39.5. The van der Waals surface area contributed by atoms with Gasteiger partial charge in [-0.1, -0.05) is 218 Å². The monoisotopic (exact) mass is 1000 g/mol. The fourth-order valence-corrected chi connectivity index (χ4v) is 9.48. The molecule has 2 aliphatic rings. The van der Waals surface area contributed by atoms with E-state index in [4.69, 9.17) is 18.9 Å². The maximum absolute atomic E-state index is 13.2. The van der Waals surface area contributed by atoms with E-state index in [0.717, 1.165) is 32.1 Å². The molecule has 2 aliphatic heterocycles. The van der Waals surface area contributed by atoms with E-state index in [1.54, 1.807) is 6.08 Å². The zero-order chi connectivity index (χ0) is 51.0. The number of aliphatic hydroxyl groups is 8. The third-order valence-electron chi connectivity index (χ3n) is 14.1. The number of nitrogens with one attached hydrogen (secondary N) is 1. The highest BCUT2D eigenvalue weighted by Crippen LogP contribution is 2.30. The SMILES string of the molecule is CCCCCCCCCC/C=C/CC/C=C/C(O)C(COC1OC(CO)C(OC2OC(CO)C(O)C(O)C2O)C(O)C1O)NC(=O)CCCCCCCCCCCCCCCCCCCCCCCC. The molecule has 14 nitrogen and oxygen atoms in total. The molecule has 0 aliphatic carbocycles. The van der Waals surface area contributed by atoms with E-state index in [1.165, 1.54) is 167 Å². The molecule has 0 aromatic heterocycles. The van der Waals surface area contributed by atoms with Crippen LogP contribution in [0.4, 0.5) is 0 Å². The number of hydrogen-bond donors (Lipinski definition) is 9. The second kappa shape index (κ2) is 42.8. The normalized spacial score (nSPS) is 26.1. The van der Waals surface area contributed by atoms with Crippen LogP contribution < -0.4 is 5.32 Å². The predicted octanol–water partition coefficient (Wildman–Crippen LogP) is 8.89. The molecule has 12 unspecified atom stereocenters. The van der Waals surface area contributed by atoms with Crippen LogP contribution in [-0.2, 0) is 23.7 Å². The molecule has 2 saturated heterocycles. The summed E-state index contributed by atoms with van der Waals surface area (Å²) in [7, 11) is 0. The zero-order valence-electron chi connectivity index (χ0n) is 44.0. The summed E-state index contributed by atoms with van der Waals surface area (Å²) in [4.78, 5) is 13.2. The van der Waals surface area contributed by atoms with Crippen LogP contribution in [0.15, 0.2) is 24.3 Å². The Hall–Kier alpha value is -1.53. The fraction of sp³-hybridized carbons (Fsp3) is 0.911. The number of amides is 1. The summed E-state index contributed by atoms with van der Waals surface area (Å²) < 4.78 is 22.7. The lowest BCUT2D eigenvalue weighted by molar-refractivity contribution is -0.359. The van der Waals surface area contributed by atoms with Crippen LogP contribution in [0.2, 0.25) is 0 Å². The average molecular weight is 1000 g/mol. The van der Waals surface area contributed by atoms with E-state index in [9.17, 15) is 45.6 Å². The molecular weight excluding hydrogens is 895 g/mol. The van der Waals surface area contributed by atoms with Crippen molar-refractivity contribution in [1.82, 2.24) is 5.32 Å². The Morgan fingerprint density at radius 3 is 1.40 bits per heavy atom. The summed E-state index contributed by atoms with van der Waals surface area (Å²) in [6.07, 6.45) is 32.2. The lowest BCUT2D eigenvalue weighted by Crippen LogP contribution is -2.65. The van der Waals surface area contributed by atoms with Gasteiger partial charge in [-0.05, 0) is 32.1 Å². The van der Waals surface area contributed by atoms with Crippen molar-refractivity contribution in [2.75, 3.05) is 19.8 Å². The van der Waals surface area contributed by atoms with E-state index >= 15 is 0 Å². The Morgan fingerprint density at radius 1 is 0.500 bits per heavy atom. The number of rotatable bonds is 45. The van der Waals surface area contributed by atoms with Crippen LogP contribution in [-0.4, -0.2) is 140 Å². The van der Waals surface area contributed by atoms with Gasteiger partial charge >= 0.3 is 0 Å². The van der Waals surface area contributed by atoms with Crippen molar-refractivity contribution < 1.29 is 64.6 Å². The van der Waals surface area contributed by atoms with E-state index in [-0.39, 0.29) is 18.9 Å². The van der Waals surface area contributed by atoms with Gasteiger partial charge in [-0.2, -0.15) is 0 Å². The maximum Gasteiger partial charge on any atom is 0.220 e. The Labute approximate surface area is 424 Å². The maximum atomic E-state index is 13.2. The van der Waals surface area contributed by atoms with Gasteiger partial charge in [0.25, 0.3) is 0 Å². The Morgan fingerprint density at radius 2 is 0.914 bits per heavy atom. The van der Waals surface area contributed by atoms with Crippen LogP contribution in [0.25, 0.3) is 0 Å². The number of carbonyl (C=O) groups is 1. The summed E-state index contributed by atoms with van der Waals surface area (Å²) in [6, 6.07) is -0.926. The number of hydrogen-bond acceptors (Lipinski definition) is 13. The zero-order valence-corrected chi connectivity index (χ0v) is 44.0. The number of aliphatic hydroxyl groups excluding tert-OH is 8. The highest BCUT2D eigenvalue weighted by atomic mass is 16.7. The molecule has 0 bridgehead atoms. The molecule has 0 saturated carbocycles. The molecule has 70 heavy (non-hydrogen) atoms. The van der Waals surface area contributed by atoms with Crippen molar-refractivity contribution in [3.05, 3.63) is 24.3 Å². The average Bonchev–Trinajstić information content (AvgIpc) is 3.36. The smallest absolute Gasteiger partial charge is 0.220 e. The van der Waals surface area contributed by atoms with Crippen LogP contribution in [0.3, 0.4) is 0 Å². The van der Waals surface area contributed by atoms with Gasteiger partial charge < -0.3 is 65.1 Å². The van der Waals surface area contributed by atoms with Gasteiger partial charge in [-0.3, -0.25) is 4.79 Å². The lowest BCUT2D eigenvalue weighted by Gasteiger charge is -2.46. The first-order valence-corrected chi connectivity index (χ1v) is 28.6. The van der Waals surface area contributed by atoms with Gasteiger partial charge in [0.2, 0.25) is 5.91 Å². The van der Waals surface area contributed by atoms with Gasteiger partial charge in [0.15, 0.2) is 12.6 Å². The largest absolute Gasteiger partial charge is 0.394 e. The minimum Gasteiger partial charge on any atom is -0.394 e. The molecule has 14 heteroatoms. The number of unbranched alkanes of at least 4 members (excludes halogenated alkanes) is 30. The van der Waals surface area contributed by atoms with Crippen molar-refractivity contribution in [2.45, 2.75) is 306 Å². The van der Waals surface area contributed by atoms with Crippen molar-refractivity contribution in [2.24, 2.45) is 0 Å². The number of carbonyl (C=O) groups excluding carboxylic acids is 1. The van der Waals surface area contributed by atoms with Crippen LogP contribution in [0.5, 0.6) is 0 Å². The molecule has 0 radical (unpaired) electrons. The minimum absolute atomic E-state index is 0.246. The van der Waals surface area contributed by atoms with Gasteiger partial charge in [0.05, 0.1) is 32.0 Å². The summed E-state index contributed by atoms with van der Waals surface area (Å²) in [6.45, 7) is 2.78. The van der Waals surface area contributed by atoms with Crippen molar-refractivity contribution in [1.29, 1.82) is 0 Å². The van der Waals surface area contributed by atoms with Crippen LogP contribution in [0, 0.1) is 0 Å². The lowest BCUT2D eigenvalue weighted by atomic mass is 9.97. The molecule has 2 rings (SSSR count). The van der Waals surface area contributed by atoms with Crippen LogP contribution >= 0.6 is 0 Å². The third kappa shape index (κ3) is 28.8. The molecule has 0 aromatic carbocycles. The van der Waals surface area contributed by atoms with Gasteiger partial charge in [-0.15, -0.1) is 0 Å². The van der Waals surface area contributed by atoms with Crippen LogP contribution in [0.1, 0.15) is 232 Å². The van der Waals surface area contributed by atoms with Gasteiger partial charge in [0.1, 0.15) is 48.8 Å². The predicted molar refractivity (Wildman–Crippen MR) is 277 cm³/mol. The Balaban J connectivity index is 1.77. The summed E-state index contributed by atoms with van der Waals surface area (Å²) >= 11 is 0.